The summed E-state index contributed by atoms with van der Waals surface area (Å²) in [6.07, 6.45) is 7.39. The van der Waals surface area contributed by atoms with Crippen molar-refractivity contribution in [2.45, 2.75) is 45.2 Å². The summed E-state index contributed by atoms with van der Waals surface area (Å²) in [6.45, 7) is 9.54. The second-order valence-electron chi connectivity index (χ2n) is 7.08. The fourth-order valence-corrected chi connectivity index (χ4v) is 3.90. The number of rotatable bonds is 5. The molecule has 3 rings (SSSR count). The molecular weight excluding hydrogens is 302 g/mol. The Morgan fingerprint density at radius 2 is 1.88 bits per heavy atom. The minimum Gasteiger partial charge on any atom is -0.343 e. The quantitative estimate of drug-likeness (QED) is 0.809. The maximum absolute atomic E-state index is 12.5. The monoisotopic (exact) mass is 333 g/mol. The molecule has 0 atom stereocenters. The van der Waals surface area contributed by atoms with Crippen LogP contribution in [0.25, 0.3) is 0 Å². The fourth-order valence-electron chi connectivity index (χ4n) is 3.90. The first-order chi connectivity index (χ1) is 11.7. The van der Waals surface area contributed by atoms with Gasteiger partial charge in [0, 0.05) is 77.1 Å². The number of likely N-dealkylation sites (N-methyl/N-ethyl adjacent to an activating group) is 1. The molecule has 6 nitrogen and oxygen atoms in total. The zero-order valence-electron chi connectivity index (χ0n) is 15.2. The first-order valence-electron chi connectivity index (χ1n) is 9.37. The van der Waals surface area contributed by atoms with Crippen molar-refractivity contribution in [3.05, 3.63) is 18.2 Å². The molecule has 0 bridgehead atoms. The Morgan fingerprint density at radius 1 is 1.17 bits per heavy atom. The molecule has 0 saturated carbocycles. The Labute approximate surface area is 145 Å². The van der Waals surface area contributed by atoms with Gasteiger partial charge in [0.15, 0.2) is 0 Å². The summed E-state index contributed by atoms with van der Waals surface area (Å²) in [5.41, 5.74) is 0. The first kappa shape index (κ1) is 17.4. The van der Waals surface area contributed by atoms with E-state index in [0.717, 1.165) is 44.7 Å². The van der Waals surface area contributed by atoms with Crippen LogP contribution in [0.15, 0.2) is 12.4 Å². The number of hydrogen-bond acceptors (Lipinski definition) is 4. The second-order valence-corrected chi connectivity index (χ2v) is 7.08. The van der Waals surface area contributed by atoms with Crippen molar-refractivity contribution in [3.8, 4) is 0 Å². The number of hydrogen-bond donors (Lipinski definition) is 0. The standard InChI is InChI=1S/C18H31N5O/c1-3-21-11-8-19-17(21)4-5-18(24)23-9-6-16(7-10-23)22-14-12-20(2)13-15-22/h8,11,16H,3-7,9-10,12-15H2,1-2H3. The van der Waals surface area contributed by atoms with Crippen molar-refractivity contribution in [1.29, 1.82) is 0 Å². The van der Waals surface area contributed by atoms with E-state index in [2.05, 4.69) is 38.2 Å². The number of likely N-dealkylation sites (tertiary alicyclic amines) is 1. The maximum atomic E-state index is 12.5. The average molecular weight is 333 g/mol. The summed E-state index contributed by atoms with van der Waals surface area (Å²) in [7, 11) is 2.20. The molecule has 24 heavy (non-hydrogen) atoms. The molecule has 6 heteroatoms. The summed E-state index contributed by atoms with van der Waals surface area (Å²) in [5.74, 6) is 1.32. The van der Waals surface area contributed by atoms with E-state index in [4.69, 9.17) is 0 Å². The average Bonchev–Trinajstić information content (AvgIpc) is 3.08. The van der Waals surface area contributed by atoms with E-state index in [1.54, 1.807) is 0 Å². The van der Waals surface area contributed by atoms with E-state index in [1.165, 1.54) is 26.2 Å². The Balaban J connectivity index is 1.42. The molecule has 1 amide bonds. The molecule has 0 aromatic carbocycles. The highest BCUT2D eigenvalue weighted by atomic mass is 16.2. The SMILES string of the molecule is CCn1ccnc1CCC(=O)N1CCC(N2CCN(C)CC2)CC1. The van der Waals surface area contributed by atoms with E-state index in [0.29, 0.717) is 12.5 Å². The van der Waals surface area contributed by atoms with E-state index < -0.39 is 0 Å². The second kappa shape index (κ2) is 8.12. The smallest absolute Gasteiger partial charge is 0.223 e. The lowest BCUT2D eigenvalue weighted by Crippen LogP contribution is -2.53. The number of imidazole rings is 1. The Morgan fingerprint density at radius 3 is 2.54 bits per heavy atom. The maximum Gasteiger partial charge on any atom is 0.223 e. The number of nitrogens with zero attached hydrogens (tertiary/aromatic N) is 5. The summed E-state index contributed by atoms with van der Waals surface area (Å²) >= 11 is 0. The molecule has 2 fully saturated rings. The van der Waals surface area contributed by atoms with Crippen LogP contribution < -0.4 is 0 Å². The van der Waals surface area contributed by atoms with Crippen LogP contribution in [-0.2, 0) is 17.8 Å². The number of carbonyl (C=O) groups excluding carboxylic acids is 1. The first-order valence-corrected chi connectivity index (χ1v) is 9.37. The van der Waals surface area contributed by atoms with Crippen molar-refractivity contribution >= 4 is 5.91 Å². The van der Waals surface area contributed by atoms with Crippen LogP contribution in [0.3, 0.4) is 0 Å². The summed E-state index contributed by atoms with van der Waals surface area (Å²) in [4.78, 5) is 23.9. The van der Waals surface area contributed by atoms with E-state index in [9.17, 15) is 4.79 Å². The van der Waals surface area contributed by atoms with Crippen LogP contribution >= 0.6 is 0 Å². The van der Waals surface area contributed by atoms with Crippen LogP contribution in [0.2, 0.25) is 0 Å². The van der Waals surface area contributed by atoms with Gasteiger partial charge in [0.1, 0.15) is 5.82 Å². The zero-order valence-corrected chi connectivity index (χ0v) is 15.2. The molecule has 0 spiro atoms. The number of piperidine rings is 1. The van der Waals surface area contributed by atoms with Crippen LogP contribution in [-0.4, -0.2) is 82.5 Å². The Bertz CT molecular complexity index is 527. The van der Waals surface area contributed by atoms with Gasteiger partial charge in [0.05, 0.1) is 0 Å². The summed E-state index contributed by atoms with van der Waals surface area (Å²) in [6, 6.07) is 0.668. The zero-order chi connectivity index (χ0) is 16.9. The molecule has 1 aromatic rings. The van der Waals surface area contributed by atoms with Gasteiger partial charge < -0.3 is 14.4 Å². The van der Waals surface area contributed by atoms with E-state index in [1.807, 2.05) is 12.4 Å². The summed E-state index contributed by atoms with van der Waals surface area (Å²) < 4.78 is 2.12. The van der Waals surface area contributed by atoms with Gasteiger partial charge in [0.2, 0.25) is 5.91 Å². The molecule has 0 unspecified atom stereocenters. The minimum atomic E-state index is 0.289. The van der Waals surface area contributed by atoms with Gasteiger partial charge in [-0.15, -0.1) is 0 Å². The van der Waals surface area contributed by atoms with E-state index in [-0.39, 0.29) is 5.91 Å². The molecule has 0 aliphatic carbocycles. The third kappa shape index (κ3) is 4.16. The van der Waals surface area contributed by atoms with Crippen LogP contribution in [0.4, 0.5) is 0 Å². The van der Waals surface area contributed by atoms with Gasteiger partial charge >= 0.3 is 0 Å². The van der Waals surface area contributed by atoms with Crippen LogP contribution in [0, 0.1) is 0 Å². The molecule has 1 aromatic heterocycles. The number of aryl methyl sites for hydroxylation is 2. The van der Waals surface area contributed by atoms with Crippen LogP contribution in [0.5, 0.6) is 0 Å². The Kier molecular flexibility index (Phi) is 5.89. The lowest BCUT2D eigenvalue weighted by Gasteiger charge is -2.42. The van der Waals surface area contributed by atoms with Crippen molar-refractivity contribution in [2.75, 3.05) is 46.3 Å². The number of aromatic nitrogens is 2. The summed E-state index contributed by atoms with van der Waals surface area (Å²) in [5, 5.41) is 0. The highest BCUT2D eigenvalue weighted by Gasteiger charge is 2.28. The molecule has 0 radical (unpaired) electrons. The van der Waals surface area contributed by atoms with E-state index >= 15 is 0 Å². The van der Waals surface area contributed by atoms with Gasteiger partial charge in [-0.3, -0.25) is 9.69 Å². The predicted octanol–water partition coefficient (Wildman–Crippen LogP) is 1.07. The number of piperazine rings is 1. The molecule has 134 valence electrons. The third-order valence-electron chi connectivity index (χ3n) is 5.58. The lowest BCUT2D eigenvalue weighted by molar-refractivity contribution is -0.132. The minimum absolute atomic E-state index is 0.289. The predicted molar refractivity (Wildman–Crippen MR) is 94.9 cm³/mol. The van der Waals surface area contributed by atoms with Gasteiger partial charge in [-0.25, -0.2) is 4.98 Å². The van der Waals surface area contributed by atoms with Crippen molar-refractivity contribution in [3.63, 3.8) is 0 Å². The van der Waals surface area contributed by atoms with Gasteiger partial charge in [-0.2, -0.15) is 0 Å². The largest absolute Gasteiger partial charge is 0.343 e. The van der Waals surface area contributed by atoms with Crippen molar-refractivity contribution < 1.29 is 4.79 Å². The molecule has 2 aliphatic heterocycles. The Hall–Kier alpha value is -1.40. The van der Waals surface area contributed by atoms with Crippen molar-refractivity contribution in [2.24, 2.45) is 0 Å². The molecule has 2 saturated heterocycles. The fraction of sp³-hybridized carbons (Fsp3) is 0.778. The number of carbonyl (C=O) groups is 1. The third-order valence-corrected chi connectivity index (χ3v) is 5.58. The normalized spacial score (nSPS) is 21.3. The number of amides is 1. The molecular formula is C18H31N5O. The van der Waals surface area contributed by atoms with Gasteiger partial charge in [-0.1, -0.05) is 0 Å². The van der Waals surface area contributed by atoms with Crippen molar-refractivity contribution in [1.82, 2.24) is 24.3 Å². The molecule has 0 N–H and O–H groups in total. The van der Waals surface area contributed by atoms with Gasteiger partial charge in [-0.05, 0) is 26.8 Å². The highest BCUT2D eigenvalue weighted by molar-refractivity contribution is 5.76. The highest BCUT2D eigenvalue weighted by Crippen LogP contribution is 2.19. The molecule has 2 aliphatic rings. The molecule has 3 heterocycles. The lowest BCUT2D eigenvalue weighted by atomic mass is 10.0. The van der Waals surface area contributed by atoms with Crippen LogP contribution in [0.1, 0.15) is 32.0 Å². The topological polar surface area (TPSA) is 44.6 Å². The van der Waals surface area contributed by atoms with Gasteiger partial charge in [0.25, 0.3) is 0 Å².